The second-order valence-electron chi connectivity index (χ2n) is 8.44. The van der Waals surface area contributed by atoms with Crippen LogP contribution < -0.4 is 0 Å². The molecule has 0 amide bonds. The largest absolute Gasteiger partial charge is 0.460 e. The number of aromatic amines is 1. The number of hydrogen-bond acceptors (Lipinski definition) is 5. The van der Waals surface area contributed by atoms with E-state index in [2.05, 4.69) is 25.6 Å². The fourth-order valence-corrected chi connectivity index (χ4v) is 4.06. The molecule has 0 spiro atoms. The number of aliphatic hydroxyl groups is 1. The Morgan fingerprint density at radius 1 is 0.921 bits per heavy atom. The molecule has 0 radical (unpaired) electrons. The highest BCUT2D eigenvalue weighted by molar-refractivity contribution is 5.80. The molecule has 0 atom stereocenters. The van der Waals surface area contributed by atoms with Crippen LogP contribution in [0.15, 0.2) is 48.5 Å². The highest BCUT2D eigenvalue weighted by atomic mass is 19.4. The SMILES string of the molecule is CCCc1nc(C(F)(F)C(F)(F)C(F)(F)F)c(CO)n1Cc1ccc(-c2ccccc2-c2nn[nH]n2)cc1. The standard InChI is InChI=1S/C24H21F7N6O/c1-2-5-19-32-20(22(25,26)23(27,28)24(29,30)31)18(13-38)37(19)12-14-8-10-15(11-9-14)16-6-3-4-7-17(16)21-33-35-36-34-21/h3-4,6-11,38H,2,5,12-13H2,1H3,(H,33,34,35,36). The maximum Gasteiger partial charge on any atom is 0.460 e. The number of aromatic nitrogens is 6. The van der Waals surface area contributed by atoms with Crippen LogP contribution in [0.4, 0.5) is 30.7 Å². The first-order valence-electron chi connectivity index (χ1n) is 11.4. The topological polar surface area (TPSA) is 92.5 Å². The predicted octanol–water partition coefficient (Wildman–Crippen LogP) is 5.51. The van der Waals surface area contributed by atoms with Gasteiger partial charge in [0, 0.05) is 18.5 Å². The molecule has 0 saturated carbocycles. The second-order valence-corrected chi connectivity index (χ2v) is 8.44. The molecule has 0 fully saturated rings. The van der Waals surface area contributed by atoms with E-state index < -0.39 is 36.0 Å². The first-order valence-corrected chi connectivity index (χ1v) is 11.4. The number of nitrogens with one attached hydrogen (secondary N) is 1. The van der Waals surface area contributed by atoms with Crippen LogP contribution in [0.1, 0.15) is 36.1 Å². The van der Waals surface area contributed by atoms with Crippen molar-refractivity contribution in [1.29, 1.82) is 0 Å². The summed E-state index contributed by atoms with van der Waals surface area (Å²) >= 11 is 0. The van der Waals surface area contributed by atoms with Crippen LogP contribution >= 0.6 is 0 Å². The van der Waals surface area contributed by atoms with Gasteiger partial charge < -0.3 is 9.67 Å². The van der Waals surface area contributed by atoms with E-state index in [0.717, 1.165) is 15.7 Å². The minimum Gasteiger partial charge on any atom is -0.390 e. The van der Waals surface area contributed by atoms with Crippen molar-refractivity contribution in [3.05, 3.63) is 71.3 Å². The fraction of sp³-hybridized carbons (Fsp3) is 0.333. The van der Waals surface area contributed by atoms with E-state index in [4.69, 9.17) is 0 Å². The number of alkyl halides is 7. The van der Waals surface area contributed by atoms with Crippen molar-refractivity contribution in [1.82, 2.24) is 30.2 Å². The van der Waals surface area contributed by atoms with E-state index in [0.29, 0.717) is 23.4 Å². The Morgan fingerprint density at radius 3 is 2.13 bits per heavy atom. The zero-order chi connectivity index (χ0) is 27.7. The number of aryl methyl sites for hydroxylation is 1. The Morgan fingerprint density at radius 2 is 1.58 bits per heavy atom. The molecule has 0 aliphatic heterocycles. The normalized spacial score (nSPS) is 12.8. The summed E-state index contributed by atoms with van der Waals surface area (Å²) in [6, 6.07) is 13.9. The van der Waals surface area contributed by atoms with E-state index in [-0.39, 0.29) is 18.8 Å². The second kappa shape index (κ2) is 10.2. The van der Waals surface area contributed by atoms with Crippen molar-refractivity contribution in [2.24, 2.45) is 0 Å². The molecule has 2 heterocycles. The van der Waals surface area contributed by atoms with Gasteiger partial charge >= 0.3 is 18.0 Å². The molecule has 0 unspecified atom stereocenters. The van der Waals surface area contributed by atoms with Crippen LogP contribution in [-0.4, -0.2) is 47.4 Å². The number of imidazole rings is 1. The Labute approximate surface area is 211 Å². The maximum absolute atomic E-state index is 14.6. The van der Waals surface area contributed by atoms with Crippen LogP contribution in [-0.2, 0) is 25.5 Å². The van der Waals surface area contributed by atoms with Crippen LogP contribution in [0.5, 0.6) is 0 Å². The van der Waals surface area contributed by atoms with Gasteiger partial charge in [-0.05, 0) is 28.3 Å². The van der Waals surface area contributed by atoms with Crippen LogP contribution in [0.2, 0.25) is 0 Å². The zero-order valence-corrected chi connectivity index (χ0v) is 19.8. The Hall–Kier alpha value is -3.81. The van der Waals surface area contributed by atoms with Gasteiger partial charge in [0.1, 0.15) is 11.5 Å². The Kier molecular flexibility index (Phi) is 7.28. The summed E-state index contributed by atoms with van der Waals surface area (Å²) in [5.41, 5.74) is 0.0991. The zero-order valence-electron chi connectivity index (χ0n) is 19.8. The van der Waals surface area contributed by atoms with Crippen molar-refractivity contribution in [2.45, 2.75) is 50.9 Å². The minimum atomic E-state index is -6.52. The minimum absolute atomic E-state index is 0.0107. The van der Waals surface area contributed by atoms with Crippen LogP contribution in [0.25, 0.3) is 22.5 Å². The molecule has 0 saturated heterocycles. The number of aliphatic hydroxyl groups excluding tert-OH is 1. The Balaban J connectivity index is 1.71. The molecule has 0 aliphatic rings. The van der Waals surface area contributed by atoms with Crippen molar-refractivity contribution >= 4 is 0 Å². The molecule has 2 aromatic heterocycles. The van der Waals surface area contributed by atoms with Crippen molar-refractivity contribution in [3.63, 3.8) is 0 Å². The van der Waals surface area contributed by atoms with Crippen molar-refractivity contribution < 1.29 is 35.8 Å². The molecule has 2 N–H and O–H groups in total. The molecule has 0 bridgehead atoms. The van der Waals surface area contributed by atoms with Gasteiger partial charge in [0.15, 0.2) is 0 Å². The lowest BCUT2D eigenvalue weighted by atomic mass is 9.98. The number of halogens is 7. The lowest BCUT2D eigenvalue weighted by molar-refractivity contribution is -0.360. The molecular weight excluding hydrogens is 521 g/mol. The molecule has 7 nitrogen and oxygen atoms in total. The molecular formula is C24H21F7N6O. The highest BCUT2D eigenvalue weighted by Gasteiger charge is 2.75. The summed E-state index contributed by atoms with van der Waals surface area (Å²) < 4.78 is 96.2. The van der Waals surface area contributed by atoms with E-state index in [1.807, 2.05) is 6.07 Å². The average Bonchev–Trinajstić information content (AvgIpc) is 3.53. The van der Waals surface area contributed by atoms with E-state index in [1.165, 1.54) is 0 Å². The molecule has 0 aliphatic carbocycles. The third kappa shape index (κ3) is 4.75. The summed E-state index contributed by atoms with van der Waals surface area (Å²) in [5.74, 6) is -11.9. The molecule has 14 heteroatoms. The fourth-order valence-electron chi connectivity index (χ4n) is 4.06. The summed E-state index contributed by atoms with van der Waals surface area (Å²) in [7, 11) is 0. The summed E-state index contributed by atoms with van der Waals surface area (Å²) in [6.07, 6.45) is -6.17. The predicted molar refractivity (Wildman–Crippen MR) is 121 cm³/mol. The van der Waals surface area contributed by atoms with E-state index in [9.17, 15) is 35.8 Å². The lowest BCUT2D eigenvalue weighted by Crippen LogP contribution is -2.50. The van der Waals surface area contributed by atoms with Crippen molar-refractivity contribution in [3.8, 4) is 22.5 Å². The summed E-state index contributed by atoms with van der Waals surface area (Å²) in [6.45, 7) is 0.250. The molecule has 2 aromatic carbocycles. The maximum atomic E-state index is 14.6. The summed E-state index contributed by atoms with van der Waals surface area (Å²) in [4.78, 5) is 3.47. The lowest BCUT2D eigenvalue weighted by Gasteiger charge is -2.27. The van der Waals surface area contributed by atoms with Gasteiger partial charge in [0.25, 0.3) is 0 Å². The number of tetrazole rings is 1. The first kappa shape index (κ1) is 27.2. The number of rotatable bonds is 9. The highest BCUT2D eigenvalue weighted by Crippen LogP contribution is 2.52. The number of nitrogens with zero attached hydrogens (tertiary/aromatic N) is 5. The molecule has 4 aromatic rings. The Bertz CT molecular complexity index is 1380. The van der Waals surface area contributed by atoms with Gasteiger partial charge in [-0.2, -0.15) is 35.9 Å². The van der Waals surface area contributed by atoms with Gasteiger partial charge in [-0.1, -0.05) is 55.5 Å². The van der Waals surface area contributed by atoms with Gasteiger partial charge in [-0.3, -0.25) is 0 Å². The average molecular weight is 542 g/mol. The number of benzene rings is 2. The van der Waals surface area contributed by atoms with Crippen LogP contribution in [0, 0.1) is 0 Å². The smallest absolute Gasteiger partial charge is 0.390 e. The van der Waals surface area contributed by atoms with Gasteiger partial charge in [-0.25, -0.2) is 4.98 Å². The monoisotopic (exact) mass is 542 g/mol. The van der Waals surface area contributed by atoms with Crippen LogP contribution in [0.3, 0.4) is 0 Å². The quantitative estimate of drug-likeness (QED) is 0.272. The number of hydrogen-bond donors (Lipinski definition) is 2. The molecule has 202 valence electrons. The number of H-pyrrole nitrogens is 1. The van der Waals surface area contributed by atoms with E-state index in [1.54, 1.807) is 49.4 Å². The summed E-state index contributed by atoms with van der Waals surface area (Å²) in [5, 5.41) is 23.7. The van der Waals surface area contributed by atoms with Gasteiger partial charge in [0.05, 0.1) is 12.3 Å². The third-order valence-electron chi connectivity index (χ3n) is 5.94. The van der Waals surface area contributed by atoms with Crippen molar-refractivity contribution in [2.75, 3.05) is 0 Å². The van der Waals surface area contributed by atoms with E-state index >= 15 is 0 Å². The van der Waals surface area contributed by atoms with Gasteiger partial charge in [0.2, 0.25) is 5.82 Å². The molecule has 4 rings (SSSR count). The van der Waals surface area contributed by atoms with Gasteiger partial charge in [-0.15, -0.1) is 10.2 Å². The molecule has 38 heavy (non-hydrogen) atoms. The third-order valence-corrected chi connectivity index (χ3v) is 5.94. The first-order chi connectivity index (χ1) is 17.9.